The van der Waals surface area contributed by atoms with Gasteiger partial charge in [-0.2, -0.15) is 0 Å². The van der Waals surface area contributed by atoms with Crippen molar-refractivity contribution in [2.45, 2.75) is 62.9 Å². The fraction of sp³-hybridized carbons (Fsp3) is 0.842. The van der Waals surface area contributed by atoms with Crippen LogP contribution >= 0.6 is 0 Å². The molecule has 6 nitrogen and oxygen atoms in total. The molecule has 2 aliphatic carbocycles. The Balaban J connectivity index is 1.90. The third kappa shape index (κ3) is 2.74. The number of fused-ring (bicyclic) bond motifs is 3. The summed E-state index contributed by atoms with van der Waals surface area (Å²) in [5, 5.41) is 31.1. The largest absolute Gasteiger partial charge is 0.469 e. The highest BCUT2D eigenvalue weighted by Gasteiger charge is 2.60. The Bertz CT molecular complexity index is 536. The first-order valence-electron chi connectivity index (χ1n) is 9.19. The van der Waals surface area contributed by atoms with Gasteiger partial charge in [0.25, 0.3) is 0 Å². The van der Waals surface area contributed by atoms with Crippen LogP contribution in [-0.2, 0) is 14.3 Å². The Labute approximate surface area is 148 Å². The van der Waals surface area contributed by atoms with Gasteiger partial charge in [-0.05, 0) is 44.4 Å². The monoisotopic (exact) mass is 354 g/mol. The second kappa shape index (κ2) is 6.65. The molecular formula is C19H30O6. The summed E-state index contributed by atoms with van der Waals surface area (Å²) in [5.41, 5.74) is -1.85. The lowest BCUT2D eigenvalue weighted by Gasteiger charge is -2.57. The molecule has 2 saturated carbocycles. The fourth-order valence-electron chi connectivity index (χ4n) is 5.65. The van der Waals surface area contributed by atoms with Crippen molar-refractivity contribution in [1.82, 2.24) is 0 Å². The lowest BCUT2D eigenvalue weighted by Crippen LogP contribution is -2.62. The van der Waals surface area contributed by atoms with Crippen molar-refractivity contribution in [3.63, 3.8) is 0 Å². The van der Waals surface area contributed by atoms with Gasteiger partial charge < -0.3 is 24.8 Å². The van der Waals surface area contributed by atoms with Crippen LogP contribution in [0.25, 0.3) is 0 Å². The van der Waals surface area contributed by atoms with Gasteiger partial charge in [0.05, 0.1) is 37.4 Å². The van der Waals surface area contributed by atoms with Gasteiger partial charge >= 0.3 is 5.97 Å². The second-order valence-electron chi connectivity index (χ2n) is 8.15. The van der Waals surface area contributed by atoms with Gasteiger partial charge in [-0.1, -0.05) is 6.08 Å². The van der Waals surface area contributed by atoms with E-state index in [2.05, 4.69) is 6.58 Å². The Morgan fingerprint density at radius 3 is 2.64 bits per heavy atom. The molecule has 8 atom stereocenters. The van der Waals surface area contributed by atoms with Crippen molar-refractivity contribution in [3.05, 3.63) is 12.7 Å². The van der Waals surface area contributed by atoms with Gasteiger partial charge in [0.2, 0.25) is 0 Å². The molecule has 3 N–H and O–H groups in total. The summed E-state index contributed by atoms with van der Waals surface area (Å²) in [6.45, 7) is 5.34. The summed E-state index contributed by atoms with van der Waals surface area (Å²) >= 11 is 0. The first-order valence-corrected chi connectivity index (χ1v) is 9.19. The number of hydrogen-bond donors (Lipinski definition) is 3. The molecule has 6 heteroatoms. The van der Waals surface area contributed by atoms with E-state index >= 15 is 0 Å². The third-order valence-corrected chi connectivity index (χ3v) is 7.09. The molecule has 0 unspecified atom stereocenters. The van der Waals surface area contributed by atoms with Crippen LogP contribution in [0.1, 0.15) is 39.0 Å². The highest BCUT2D eigenvalue weighted by molar-refractivity contribution is 5.77. The molecule has 0 aromatic carbocycles. The standard InChI is InChI=1S/C19H30O6/c1-4-19(10-20)9-13(21)16-11-5-8-15(22)18(2,17(23)24-3)12(11)6-7-14(16)25-19/h4,11-16,20-22H,1,5-10H2,2-3H3/t11-,12+,13-,14+,15-,16-,18-,19-/m1/s1. The molecule has 25 heavy (non-hydrogen) atoms. The van der Waals surface area contributed by atoms with Gasteiger partial charge in [-0.3, -0.25) is 4.79 Å². The van der Waals surface area contributed by atoms with Crippen LogP contribution in [0.3, 0.4) is 0 Å². The number of esters is 1. The minimum Gasteiger partial charge on any atom is -0.469 e. The molecule has 1 heterocycles. The van der Waals surface area contributed by atoms with E-state index in [0.717, 1.165) is 12.8 Å². The van der Waals surface area contributed by atoms with E-state index < -0.39 is 23.2 Å². The quantitative estimate of drug-likeness (QED) is 0.517. The summed E-state index contributed by atoms with van der Waals surface area (Å²) in [7, 11) is 1.35. The van der Waals surface area contributed by atoms with Gasteiger partial charge in [0.15, 0.2) is 0 Å². The SMILES string of the molecule is C=C[C@]1(CO)C[C@@H](O)[C@H]2[C@@H]3CC[C@@H](O)[C@](C)(C(=O)OC)[C@H]3CC[C@@H]2O1. The van der Waals surface area contributed by atoms with Crippen molar-refractivity contribution < 1.29 is 29.6 Å². The maximum absolute atomic E-state index is 12.5. The lowest BCUT2D eigenvalue weighted by atomic mass is 9.52. The van der Waals surface area contributed by atoms with Crippen molar-refractivity contribution in [3.8, 4) is 0 Å². The van der Waals surface area contributed by atoms with E-state index in [4.69, 9.17) is 9.47 Å². The zero-order valence-electron chi connectivity index (χ0n) is 15.1. The number of carbonyl (C=O) groups is 1. The maximum Gasteiger partial charge on any atom is 0.314 e. The Morgan fingerprint density at radius 1 is 1.32 bits per heavy atom. The second-order valence-corrected chi connectivity index (χ2v) is 8.15. The van der Waals surface area contributed by atoms with Crippen LogP contribution in [0, 0.1) is 23.2 Å². The predicted molar refractivity (Wildman–Crippen MR) is 90.6 cm³/mol. The molecule has 3 aliphatic rings. The Kier molecular flexibility index (Phi) is 5.01. The molecule has 1 saturated heterocycles. The summed E-state index contributed by atoms with van der Waals surface area (Å²) < 4.78 is 11.2. The molecule has 0 spiro atoms. The van der Waals surface area contributed by atoms with Crippen molar-refractivity contribution in [2.75, 3.05) is 13.7 Å². The van der Waals surface area contributed by atoms with Crippen LogP contribution in [0.4, 0.5) is 0 Å². The summed E-state index contributed by atoms with van der Waals surface area (Å²) in [4.78, 5) is 12.5. The average molecular weight is 354 g/mol. The Hall–Kier alpha value is -0.950. The molecule has 0 aromatic heterocycles. The molecule has 142 valence electrons. The topological polar surface area (TPSA) is 96.2 Å². The maximum atomic E-state index is 12.5. The first kappa shape index (κ1) is 18.8. The van der Waals surface area contributed by atoms with Crippen molar-refractivity contribution >= 4 is 5.97 Å². The lowest BCUT2D eigenvalue weighted by molar-refractivity contribution is -0.236. The molecule has 0 radical (unpaired) electrons. The van der Waals surface area contributed by atoms with Gasteiger partial charge in [0.1, 0.15) is 5.60 Å². The van der Waals surface area contributed by atoms with Crippen LogP contribution in [0.15, 0.2) is 12.7 Å². The van der Waals surface area contributed by atoms with E-state index in [0.29, 0.717) is 19.3 Å². The third-order valence-electron chi connectivity index (χ3n) is 7.09. The minimum absolute atomic E-state index is 0.0476. The first-order chi connectivity index (χ1) is 11.8. The molecular weight excluding hydrogens is 324 g/mol. The summed E-state index contributed by atoms with van der Waals surface area (Å²) in [6.07, 6.45) is 3.01. The minimum atomic E-state index is -0.952. The molecule has 0 amide bonds. The van der Waals surface area contributed by atoms with Gasteiger partial charge in [-0.25, -0.2) is 0 Å². The fourth-order valence-corrected chi connectivity index (χ4v) is 5.65. The number of aliphatic hydroxyl groups excluding tert-OH is 3. The number of carbonyl (C=O) groups excluding carboxylic acids is 1. The number of aliphatic hydroxyl groups is 3. The predicted octanol–water partition coefficient (Wildman–Crippen LogP) is 1.03. The number of methoxy groups -OCH3 is 1. The van der Waals surface area contributed by atoms with Crippen LogP contribution in [-0.4, -0.2) is 58.9 Å². The molecule has 1 aliphatic heterocycles. The Morgan fingerprint density at radius 2 is 2.04 bits per heavy atom. The smallest absolute Gasteiger partial charge is 0.314 e. The van der Waals surface area contributed by atoms with E-state index in [9.17, 15) is 20.1 Å². The van der Waals surface area contributed by atoms with Crippen molar-refractivity contribution in [2.24, 2.45) is 23.2 Å². The van der Waals surface area contributed by atoms with Gasteiger partial charge in [0, 0.05) is 12.3 Å². The van der Waals surface area contributed by atoms with E-state index in [1.54, 1.807) is 13.0 Å². The zero-order chi connectivity index (χ0) is 18.4. The molecule has 3 fully saturated rings. The van der Waals surface area contributed by atoms with Crippen LogP contribution in [0.5, 0.6) is 0 Å². The van der Waals surface area contributed by atoms with E-state index in [1.807, 2.05) is 0 Å². The number of hydrogen-bond acceptors (Lipinski definition) is 6. The number of ether oxygens (including phenoxy) is 2. The van der Waals surface area contributed by atoms with Gasteiger partial charge in [-0.15, -0.1) is 6.58 Å². The van der Waals surface area contributed by atoms with Crippen LogP contribution in [0.2, 0.25) is 0 Å². The number of rotatable bonds is 3. The van der Waals surface area contributed by atoms with E-state index in [1.165, 1.54) is 7.11 Å². The normalized spacial score (nSPS) is 49.6. The average Bonchev–Trinajstić information content (AvgIpc) is 2.63. The molecule has 3 rings (SSSR count). The highest BCUT2D eigenvalue weighted by Crippen LogP contribution is 2.56. The zero-order valence-corrected chi connectivity index (χ0v) is 15.1. The summed E-state index contributed by atoms with van der Waals surface area (Å²) in [6, 6.07) is 0. The molecule has 0 bridgehead atoms. The summed E-state index contributed by atoms with van der Waals surface area (Å²) in [5.74, 6) is -0.443. The van der Waals surface area contributed by atoms with Crippen LogP contribution < -0.4 is 0 Å². The van der Waals surface area contributed by atoms with Crippen molar-refractivity contribution in [1.29, 1.82) is 0 Å². The van der Waals surface area contributed by atoms with E-state index in [-0.39, 0.29) is 36.4 Å². The highest BCUT2D eigenvalue weighted by atomic mass is 16.5. The molecule has 0 aromatic rings.